The summed E-state index contributed by atoms with van der Waals surface area (Å²) >= 11 is 0. The Morgan fingerprint density at radius 2 is 2.12 bits per heavy atom. The van der Waals surface area contributed by atoms with E-state index in [1.165, 1.54) is 0 Å². The van der Waals surface area contributed by atoms with Crippen molar-refractivity contribution in [2.24, 2.45) is 0 Å². The first kappa shape index (κ1) is 12.3. The zero-order valence-electron chi connectivity index (χ0n) is 9.90. The van der Waals surface area contributed by atoms with E-state index in [9.17, 15) is 9.50 Å². The molecule has 3 nitrogen and oxygen atoms in total. The van der Waals surface area contributed by atoms with Crippen LogP contribution in [0.3, 0.4) is 0 Å². The maximum absolute atomic E-state index is 12.7. The van der Waals surface area contributed by atoms with E-state index in [0.717, 1.165) is 31.7 Å². The third-order valence-corrected chi connectivity index (χ3v) is 3.23. The van der Waals surface area contributed by atoms with Gasteiger partial charge in [0.05, 0.1) is 6.67 Å². The van der Waals surface area contributed by atoms with Gasteiger partial charge in [-0.15, -0.1) is 0 Å². The van der Waals surface area contributed by atoms with Gasteiger partial charge in [0.15, 0.2) is 0 Å². The number of nitrogens with one attached hydrogen (secondary N) is 1. The van der Waals surface area contributed by atoms with Gasteiger partial charge in [0, 0.05) is 32.2 Å². The van der Waals surface area contributed by atoms with Crippen LogP contribution in [-0.4, -0.2) is 42.9 Å². The van der Waals surface area contributed by atoms with Gasteiger partial charge < -0.3 is 10.4 Å². The average molecular weight is 238 g/mol. The molecule has 1 aliphatic rings. The van der Waals surface area contributed by atoms with E-state index in [1.807, 2.05) is 12.1 Å². The molecule has 4 heteroatoms. The van der Waals surface area contributed by atoms with Gasteiger partial charge in [0.2, 0.25) is 0 Å². The van der Waals surface area contributed by atoms with E-state index >= 15 is 0 Å². The van der Waals surface area contributed by atoms with Crippen molar-refractivity contribution in [2.75, 3.05) is 32.9 Å². The first-order valence-electron chi connectivity index (χ1n) is 6.11. The van der Waals surface area contributed by atoms with Crippen LogP contribution in [0.5, 0.6) is 5.75 Å². The number of halogens is 1. The number of rotatable bonds is 4. The molecule has 0 aromatic heterocycles. The van der Waals surface area contributed by atoms with Crippen LogP contribution >= 0.6 is 0 Å². The predicted octanol–water partition coefficient (Wildman–Crippen LogP) is 1.70. The summed E-state index contributed by atoms with van der Waals surface area (Å²) in [6, 6.07) is 7.24. The normalized spacial score (nSPS) is 19.1. The molecule has 2 rings (SSSR count). The molecule has 94 valence electrons. The lowest BCUT2D eigenvalue weighted by Gasteiger charge is -2.34. The third kappa shape index (κ3) is 3.17. The van der Waals surface area contributed by atoms with Crippen molar-refractivity contribution in [1.82, 2.24) is 10.2 Å². The fourth-order valence-electron chi connectivity index (χ4n) is 2.39. The monoisotopic (exact) mass is 238 g/mol. The molecule has 0 radical (unpaired) electrons. The highest BCUT2D eigenvalue weighted by Gasteiger charge is 2.21. The molecule has 0 amide bonds. The SMILES string of the molecule is Oc1cccc([C@H](CCF)N2CCNCC2)c1. The van der Waals surface area contributed by atoms with E-state index in [-0.39, 0.29) is 18.5 Å². The molecular formula is C13H19FN2O. The summed E-state index contributed by atoms with van der Waals surface area (Å²) in [6.07, 6.45) is 0.490. The lowest BCUT2D eigenvalue weighted by atomic mass is 10.0. The summed E-state index contributed by atoms with van der Waals surface area (Å²) in [4.78, 5) is 2.28. The van der Waals surface area contributed by atoms with Gasteiger partial charge >= 0.3 is 0 Å². The second-order valence-electron chi connectivity index (χ2n) is 4.37. The maximum Gasteiger partial charge on any atom is 0.115 e. The maximum atomic E-state index is 12.7. The number of piperazine rings is 1. The molecule has 0 unspecified atom stereocenters. The molecule has 1 fully saturated rings. The lowest BCUT2D eigenvalue weighted by Crippen LogP contribution is -2.45. The highest BCUT2D eigenvalue weighted by Crippen LogP contribution is 2.27. The van der Waals surface area contributed by atoms with Gasteiger partial charge in [0.25, 0.3) is 0 Å². The van der Waals surface area contributed by atoms with E-state index in [2.05, 4.69) is 10.2 Å². The molecule has 0 saturated carbocycles. The molecule has 1 atom stereocenters. The van der Waals surface area contributed by atoms with Gasteiger partial charge in [0.1, 0.15) is 5.75 Å². The third-order valence-electron chi connectivity index (χ3n) is 3.23. The number of alkyl halides is 1. The molecule has 1 saturated heterocycles. The molecule has 2 N–H and O–H groups in total. The number of aromatic hydroxyl groups is 1. The summed E-state index contributed by atoms with van der Waals surface area (Å²) in [5, 5.41) is 12.8. The van der Waals surface area contributed by atoms with Crippen molar-refractivity contribution in [1.29, 1.82) is 0 Å². The Hall–Kier alpha value is -1.13. The summed E-state index contributed by atoms with van der Waals surface area (Å²) in [6.45, 7) is 3.42. The van der Waals surface area contributed by atoms with Gasteiger partial charge in [-0.2, -0.15) is 0 Å². The Balaban J connectivity index is 2.15. The van der Waals surface area contributed by atoms with Gasteiger partial charge in [-0.25, -0.2) is 0 Å². The Morgan fingerprint density at radius 3 is 2.76 bits per heavy atom. The fourth-order valence-corrected chi connectivity index (χ4v) is 2.39. The lowest BCUT2D eigenvalue weighted by molar-refractivity contribution is 0.157. The van der Waals surface area contributed by atoms with Gasteiger partial charge in [-0.3, -0.25) is 9.29 Å². The first-order valence-corrected chi connectivity index (χ1v) is 6.11. The number of phenols is 1. The van der Waals surface area contributed by atoms with Crippen molar-refractivity contribution in [2.45, 2.75) is 12.5 Å². The van der Waals surface area contributed by atoms with Crippen LogP contribution < -0.4 is 5.32 Å². The van der Waals surface area contributed by atoms with E-state index in [1.54, 1.807) is 12.1 Å². The van der Waals surface area contributed by atoms with Crippen LogP contribution in [0.4, 0.5) is 4.39 Å². The quantitative estimate of drug-likeness (QED) is 0.838. The second kappa shape index (κ2) is 5.98. The number of hydrogen-bond donors (Lipinski definition) is 2. The highest BCUT2D eigenvalue weighted by atomic mass is 19.1. The topological polar surface area (TPSA) is 35.5 Å². The number of nitrogens with zero attached hydrogens (tertiary/aromatic N) is 1. The Bertz CT molecular complexity index is 353. The van der Waals surface area contributed by atoms with Crippen LogP contribution in [0.2, 0.25) is 0 Å². The van der Waals surface area contributed by atoms with Crippen molar-refractivity contribution in [3.05, 3.63) is 29.8 Å². The van der Waals surface area contributed by atoms with Gasteiger partial charge in [-0.1, -0.05) is 12.1 Å². The van der Waals surface area contributed by atoms with Crippen LogP contribution in [0.25, 0.3) is 0 Å². The second-order valence-corrected chi connectivity index (χ2v) is 4.37. The van der Waals surface area contributed by atoms with Crippen molar-refractivity contribution >= 4 is 0 Å². The Labute approximate surface area is 101 Å². The number of hydrogen-bond acceptors (Lipinski definition) is 3. The minimum atomic E-state index is -0.329. The summed E-state index contributed by atoms with van der Waals surface area (Å²) in [5.41, 5.74) is 1.00. The first-order chi connectivity index (χ1) is 8.31. The molecule has 1 aliphatic heterocycles. The standard InChI is InChI=1S/C13H19FN2O/c14-5-4-13(16-8-6-15-7-9-16)11-2-1-3-12(17)10-11/h1-3,10,13,15,17H,4-9H2/t13-/m0/s1. The zero-order chi connectivity index (χ0) is 12.1. The Kier molecular flexibility index (Phi) is 4.34. The number of benzene rings is 1. The minimum absolute atomic E-state index is 0.0780. The van der Waals surface area contributed by atoms with Crippen LogP contribution in [-0.2, 0) is 0 Å². The van der Waals surface area contributed by atoms with Crippen molar-refractivity contribution in [3.63, 3.8) is 0 Å². The van der Waals surface area contributed by atoms with E-state index < -0.39 is 0 Å². The summed E-state index contributed by atoms with van der Waals surface area (Å²) in [5.74, 6) is 0.251. The smallest absolute Gasteiger partial charge is 0.115 e. The van der Waals surface area contributed by atoms with Crippen LogP contribution in [0, 0.1) is 0 Å². The molecule has 17 heavy (non-hydrogen) atoms. The summed E-state index contributed by atoms with van der Waals surface area (Å²) in [7, 11) is 0. The van der Waals surface area contributed by atoms with Gasteiger partial charge in [-0.05, 0) is 24.1 Å². The molecule has 0 aliphatic carbocycles. The molecule has 1 aromatic carbocycles. The minimum Gasteiger partial charge on any atom is -0.508 e. The summed E-state index contributed by atoms with van der Waals surface area (Å²) < 4.78 is 12.7. The van der Waals surface area contributed by atoms with Crippen molar-refractivity contribution < 1.29 is 9.50 Å². The average Bonchev–Trinajstić information content (AvgIpc) is 2.37. The van der Waals surface area contributed by atoms with Crippen LogP contribution in [0.15, 0.2) is 24.3 Å². The highest BCUT2D eigenvalue weighted by molar-refractivity contribution is 5.29. The Morgan fingerprint density at radius 1 is 1.35 bits per heavy atom. The molecule has 0 spiro atoms. The largest absolute Gasteiger partial charge is 0.508 e. The zero-order valence-corrected chi connectivity index (χ0v) is 9.90. The molecule has 0 bridgehead atoms. The molecular weight excluding hydrogens is 219 g/mol. The van der Waals surface area contributed by atoms with E-state index in [4.69, 9.17) is 0 Å². The number of phenolic OH excluding ortho intramolecular Hbond substituents is 1. The predicted molar refractivity (Wildman–Crippen MR) is 65.9 cm³/mol. The van der Waals surface area contributed by atoms with E-state index in [0.29, 0.717) is 6.42 Å². The van der Waals surface area contributed by atoms with Crippen LogP contribution in [0.1, 0.15) is 18.0 Å². The van der Waals surface area contributed by atoms with Crippen molar-refractivity contribution in [3.8, 4) is 5.75 Å². The molecule has 1 heterocycles. The molecule has 1 aromatic rings. The fraction of sp³-hybridized carbons (Fsp3) is 0.538.